The minimum absolute atomic E-state index is 0.617. The third kappa shape index (κ3) is 10.5. The molecule has 0 amide bonds. The monoisotopic (exact) mass is 364 g/mol. The van der Waals surface area contributed by atoms with Crippen molar-refractivity contribution in [3.05, 3.63) is 12.4 Å². The summed E-state index contributed by atoms with van der Waals surface area (Å²) in [6.07, 6.45) is 28.1. The van der Waals surface area contributed by atoms with E-state index in [1.165, 1.54) is 109 Å². The molecule has 0 N–H and O–H groups in total. The first kappa shape index (κ1) is 23.4. The van der Waals surface area contributed by atoms with E-state index >= 15 is 0 Å². The van der Waals surface area contributed by atoms with Crippen LogP contribution >= 0.6 is 0 Å². The van der Waals surface area contributed by atoms with Gasteiger partial charge in [0.05, 0.1) is 0 Å². The topological polar surface area (TPSA) is 6.48 Å². The summed E-state index contributed by atoms with van der Waals surface area (Å²) >= 11 is 0. The van der Waals surface area contributed by atoms with Crippen molar-refractivity contribution in [2.75, 3.05) is 13.1 Å². The lowest BCUT2D eigenvalue weighted by Gasteiger charge is -2.31. The fourth-order valence-electron chi connectivity index (χ4n) is 4.23. The molecule has 0 spiro atoms. The second kappa shape index (κ2) is 16.5. The van der Waals surface area contributed by atoms with Gasteiger partial charge in [-0.3, -0.25) is 0 Å². The molecular formula is C24H48N2. The summed E-state index contributed by atoms with van der Waals surface area (Å²) in [4.78, 5) is 5.01. The van der Waals surface area contributed by atoms with Crippen molar-refractivity contribution in [3.63, 3.8) is 0 Å². The summed E-state index contributed by atoms with van der Waals surface area (Å²) in [6, 6.07) is 0. The van der Waals surface area contributed by atoms with Crippen molar-refractivity contribution in [2.24, 2.45) is 0 Å². The van der Waals surface area contributed by atoms with E-state index in [0.29, 0.717) is 6.17 Å². The highest BCUT2D eigenvalue weighted by Crippen LogP contribution is 2.19. The van der Waals surface area contributed by atoms with E-state index in [0.717, 1.165) is 6.54 Å². The van der Waals surface area contributed by atoms with Gasteiger partial charge in [0.25, 0.3) is 0 Å². The van der Waals surface area contributed by atoms with E-state index < -0.39 is 0 Å². The second-order valence-electron chi connectivity index (χ2n) is 8.21. The van der Waals surface area contributed by atoms with Crippen LogP contribution in [-0.2, 0) is 0 Å². The van der Waals surface area contributed by atoms with Gasteiger partial charge in [0.1, 0.15) is 6.17 Å². The van der Waals surface area contributed by atoms with E-state index in [4.69, 9.17) is 0 Å². The fraction of sp³-hybridized carbons (Fsp3) is 0.917. The Bertz CT molecular complexity index is 326. The molecule has 154 valence electrons. The quantitative estimate of drug-likeness (QED) is 0.230. The predicted octanol–water partition coefficient (Wildman–Crippen LogP) is 7.70. The van der Waals surface area contributed by atoms with Gasteiger partial charge in [-0.1, -0.05) is 104 Å². The average molecular weight is 365 g/mol. The third-order valence-corrected chi connectivity index (χ3v) is 5.97. The van der Waals surface area contributed by atoms with Crippen LogP contribution in [0.25, 0.3) is 0 Å². The molecule has 26 heavy (non-hydrogen) atoms. The summed E-state index contributed by atoms with van der Waals surface area (Å²) in [6.45, 7) is 9.23. The molecule has 0 aromatic rings. The lowest BCUT2D eigenvalue weighted by atomic mass is 10.0. The van der Waals surface area contributed by atoms with Crippen molar-refractivity contribution < 1.29 is 0 Å². The Morgan fingerprint density at radius 1 is 0.538 bits per heavy atom. The first-order chi connectivity index (χ1) is 12.8. The van der Waals surface area contributed by atoms with Crippen LogP contribution in [0.3, 0.4) is 0 Å². The van der Waals surface area contributed by atoms with E-state index in [1.807, 2.05) is 0 Å². The Labute approximate surface area is 165 Å². The molecular weight excluding hydrogens is 316 g/mol. The Balaban J connectivity index is 1.81. The van der Waals surface area contributed by atoms with Crippen molar-refractivity contribution in [3.8, 4) is 0 Å². The molecule has 0 fully saturated rings. The number of hydrogen-bond acceptors (Lipinski definition) is 2. The SMILES string of the molecule is CCCCCCCCCCCCCCCCCN1C=CN(CC)C1CC. The van der Waals surface area contributed by atoms with Crippen molar-refractivity contribution >= 4 is 0 Å². The standard InChI is InChI=1S/C24H48N2/c1-4-7-8-9-10-11-12-13-14-15-16-17-18-19-20-21-26-23-22-25(6-3)24(26)5-2/h22-24H,4-21H2,1-3H3. The van der Waals surface area contributed by atoms with Crippen molar-refractivity contribution in [2.45, 2.75) is 130 Å². The molecule has 0 aromatic heterocycles. The van der Waals surface area contributed by atoms with Crippen LogP contribution in [0, 0.1) is 0 Å². The van der Waals surface area contributed by atoms with E-state index in [2.05, 4.69) is 43.0 Å². The van der Waals surface area contributed by atoms with Crippen LogP contribution in [0.15, 0.2) is 12.4 Å². The third-order valence-electron chi connectivity index (χ3n) is 5.97. The maximum atomic E-state index is 2.55. The lowest BCUT2D eigenvalue weighted by molar-refractivity contribution is 0.151. The van der Waals surface area contributed by atoms with Gasteiger partial charge in [-0.25, -0.2) is 0 Å². The number of nitrogens with zero attached hydrogens (tertiary/aromatic N) is 2. The Morgan fingerprint density at radius 2 is 0.962 bits per heavy atom. The van der Waals surface area contributed by atoms with Crippen molar-refractivity contribution in [1.29, 1.82) is 0 Å². The van der Waals surface area contributed by atoms with Crippen LogP contribution in [0.1, 0.15) is 124 Å². The maximum absolute atomic E-state index is 2.55. The van der Waals surface area contributed by atoms with E-state index in [1.54, 1.807) is 0 Å². The lowest BCUT2D eigenvalue weighted by Crippen LogP contribution is -2.38. The summed E-state index contributed by atoms with van der Waals surface area (Å²) < 4.78 is 0. The number of hydrogen-bond donors (Lipinski definition) is 0. The zero-order valence-corrected chi connectivity index (χ0v) is 18.4. The van der Waals surface area contributed by atoms with Crippen LogP contribution in [0.5, 0.6) is 0 Å². The largest absolute Gasteiger partial charge is 0.356 e. The molecule has 0 saturated carbocycles. The van der Waals surface area contributed by atoms with Crippen LogP contribution in [0.2, 0.25) is 0 Å². The maximum Gasteiger partial charge on any atom is 0.100 e. The van der Waals surface area contributed by atoms with Gasteiger partial charge >= 0.3 is 0 Å². The summed E-state index contributed by atoms with van der Waals surface area (Å²) in [5, 5.41) is 0. The zero-order valence-electron chi connectivity index (χ0n) is 18.4. The fourth-order valence-corrected chi connectivity index (χ4v) is 4.23. The van der Waals surface area contributed by atoms with Crippen LogP contribution in [0.4, 0.5) is 0 Å². The molecule has 1 aliphatic rings. The summed E-state index contributed by atoms with van der Waals surface area (Å²) in [5.41, 5.74) is 0. The zero-order chi connectivity index (χ0) is 18.9. The highest BCUT2D eigenvalue weighted by molar-refractivity contribution is 4.95. The van der Waals surface area contributed by atoms with Gasteiger partial charge in [-0.05, 0) is 19.8 Å². The molecule has 2 nitrogen and oxygen atoms in total. The smallest absolute Gasteiger partial charge is 0.100 e. The first-order valence-electron chi connectivity index (χ1n) is 12.0. The highest BCUT2D eigenvalue weighted by Gasteiger charge is 2.22. The Hall–Kier alpha value is -0.660. The molecule has 1 heterocycles. The molecule has 2 heteroatoms. The van der Waals surface area contributed by atoms with Crippen LogP contribution in [-0.4, -0.2) is 29.1 Å². The second-order valence-corrected chi connectivity index (χ2v) is 8.21. The van der Waals surface area contributed by atoms with Gasteiger partial charge in [0.15, 0.2) is 0 Å². The minimum Gasteiger partial charge on any atom is -0.356 e. The minimum atomic E-state index is 0.617. The van der Waals surface area contributed by atoms with E-state index in [9.17, 15) is 0 Å². The highest BCUT2D eigenvalue weighted by atomic mass is 15.4. The van der Waals surface area contributed by atoms with Gasteiger partial charge in [-0.15, -0.1) is 0 Å². The average Bonchev–Trinajstić information content (AvgIpc) is 3.06. The Kier molecular flexibility index (Phi) is 14.8. The van der Waals surface area contributed by atoms with Crippen LogP contribution < -0.4 is 0 Å². The summed E-state index contributed by atoms with van der Waals surface area (Å²) in [5.74, 6) is 0. The van der Waals surface area contributed by atoms with Gasteiger partial charge in [-0.2, -0.15) is 0 Å². The first-order valence-corrected chi connectivity index (χ1v) is 12.0. The summed E-state index contributed by atoms with van der Waals surface area (Å²) in [7, 11) is 0. The molecule has 0 aromatic carbocycles. The molecule has 1 rings (SSSR count). The normalized spacial score (nSPS) is 16.8. The van der Waals surface area contributed by atoms with Crippen molar-refractivity contribution in [1.82, 2.24) is 9.80 Å². The van der Waals surface area contributed by atoms with E-state index in [-0.39, 0.29) is 0 Å². The predicted molar refractivity (Wildman–Crippen MR) is 117 cm³/mol. The molecule has 0 bridgehead atoms. The molecule has 1 unspecified atom stereocenters. The Morgan fingerprint density at radius 3 is 1.38 bits per heavy atom. The molecule has 1 aliphatic heterocycles. The number of rotatable bonds is 18. The van der Waals surface area contributed by atoms with Gasteiger partial charge in [0.2, 0.25) is 0 Å². The molecule has 0 saturated heterocycles. The molecule has 0 radical (unpaired) electrons. The molecule has 0 aliphatic carbocycles. The van der Waals surface area contributed by atoms with Gasteiger partial charge < -0.3 is 9.80 Å². The molecule has 1 atom stereocenters. The number of unbranched alkanes of at least 4 members (excludes halogenated alkanes) is 14. The van der Waals surface area contributed by atoms with Gasteiger partial charge in [0, 0.05) is 25.5 Å².